The molecule has 3 heteroatoms. The van der Waals surface area contributed by atoms with Crippen LogP contribution in [0.25, 0.3) is 0 Å². The molecule has 0 unspecified atom stereocenters. The molecule has 0 bridgehead atoms. The number of halogens is 2. The topological polar surface area (TPSA) is 12.0 Å². The van der Waals surface area contributed by atoms with Crippen LogP contribution in [0, 0.1) is 0 Å². The zero-order valence-corrected chi connectivity index (χ0v) is 11.5. The Morgan fingerprint density at radius 1 is 1.06 bits per heavy atom. The fraction of sp³-hybridized carbons (Fsp3) is 0.571. The molecule has 1 aliphatic rings. The first-order valence-corrected chi connectivity index (χ1v) is 7.18. The van der Waals surface area contributed by atoms with Crippen molar-refractivity contribution in [1.29, 1.82) is 0 Å². The van der Waals surface area contributed by atoms with Gasteiger partial charge in [0.25, 0.3) is 0 Å². The summed E-state index contributed by atoms with van der Waals surface area (Å²) in [5.41, 5.74) is 1.25. The van der Waals surface area contributed by atoms with Gasteiger partial charge in [-0.25, -0.2) is 0 Å². The molecule has 0 aliphatic heterocycles. The van der Waals surface area contributed by atoms with Crippen LogP contribution >= 0.6 is 23.2 Å². The maximum atomic E-state index is 5.99. The van der Waals surface area contributed by atoms with Gasteiger partial charge in [0.2, 0.25) is 0 Å². The number of hydrogen-bond acceptors (Lipinski definition) is 1. The van der Waals surface area contributed by atoms with Gasteiger partial charge in [-0.3, -0.25) is 0 Å². The smallest absolute Gasteiger partial charge is 0.0595 e. The second-order valence-electron chi connectivity index (χ2n) is 4.79. The monoisotopic (exact) mass is 271 g/mol. The minimum absolute atomic E-state index is 0.635. The van der Waals surface area contributed by atoms with E-state index in [4.69, 9.17) is 23.2 Å². The van der Waals surface area contributed by atoms with Crippen LogP contribution in [0.5, 0.6) is 0 Å². The Morgan fingerprint density at radius 3 is 2.53 bits per heavy atom. The molecule has 2 rings (SSSR count). The summed E-state index contributed by atoms with van der Waals surface area (Å²) in [6, 6.07) is 6.62. The predicted octanol–water partition coefficient (Wildman–Crippen LogP) is 4.46. The lowest BCUT2D eigenvalue weighted by Gasteiger charge is -2.22. The highest BCUT2D eigenvalue weighted by atomic mass is 35.5. The number of benzene rings is 1. The van der Waals surface area contributed by atoms with E-state index in [-0.39, 0.29) is 0 Å². The van der Waals surface area contributed by atoms with Gasteiger partial charge in [-0.2, -0.15) is 0 Å². The molecule has 94 valence electrons. The molecule has 1 aliphatic carbocycles. The largest absolute Gasteiger partial charge is 0.314 e. The first-order chi connectivity index (χ1) is 8.25. The molecule has 0 spiro atoms. The SMILES string of the molecule is Clc1ccc(CCNC2CCCCC2)cc1Cl. The van der Waals surface area contributed by atoms with Crippen molar-refractivity contribution >= 4 is 23.2 Å². The molecule has 0 aromatic heterocycles. The van der Waals surface area contributed by atoms with Crippen molar-refractivity contribution in [1.82, 2.24) is 5.32 Å². The van der Waals surface area contributed by atoms with Gasteiger partial charge in [0.15, 0.2) is 0 Å². The van der Waals surface area contributed by atoms with E-state index >= 15 is 0 Å². The summed E-state index contributed by atoms with van der Waals surface area (Å²) in [5, 5.41) is 4.92. The van der Waals surface area contributed by atoms with E-state index in [0.29, 0.717) is 10.0 Å². The molecule has 1 N–H and O–H groups in total. The fourth-order valence-electron chi connectivity index (χ4n) is 2.42. The summed E-state index contributed by atoms with van der Waals surface area (Å²) in [5.74, 6) is 0. The lowest BCUT2D eigenvalue weighted by molar-refractivity contribution is 0.375. The van der Waals surface area contributed by atoms with E-state index in [1.807, 2.05) is 12.1 Å². The molecular weight excluding hydrogens is 253 g/mol. The van der Waals surface area contributed by atoms with Crippen LogP contribution in [0.4, 0.5) is 0 Å². The van der Waals surface area contributed by atoms with Gasteiger partial charge in [-0.15, -0.1) is 0 Å². The summed E-state index contributed by atoms with van der Waals surface area (Å²) < 4.78 is 0. The van der Waals surface area contributed by atoms with Crippen molar-refractivity contribution in [2.75, 3.05) is 6.54 Å². The first kappa shape index (κ1) is 13.2. The van der Waals surface area contributed by atoms with Crippen LogP contribution in [-0.2, 0) is 6.42 Å². The van der Waals surface area contributed by atoms with Gasteiger partial charge in [-0.05, 0) is 43.5 Å². The highest BCUT2D eigenvalue weighted by Crippen LogP contribution is 2.23. The Labute approximate surface area is 114 Å². The van der Waals surface area contributed by atoms with E-state index in [2.05, 4.69) is 11.4 Å². The summed E-state index contributed by atoms with van der Waals surface area (Å²) in [6.07, 6.45) is 7.86. The molecule has 0 radical (unpaired) electrons. The maximum absolute atomic E-state index is 5.99. The van der Waals surface area contributed by atoms with Crippen molar-refractivity contribution < 1.29 is 0 Å². The molecule has 17 heavy (non-hydrogen) atoms. The summed E-state index contributed by atoms with van der Waals surface area (Å²) in [7, 11) is 0. The lowest BCUT2D eigenvalue weighted by atomic mass is 9.95. The second kappa shape index (κ2) is 6.63. The quantitative estimate of drug-likeness (QED) is 0.853. The van der Waals surface area contributed by atoms with Crippen molar-refractivity contribution in [2.24, 2.45) is 0 Å². The van der Waals surface area contributed by atoms with Crippen molar-refractivity contribution in [2.45, 2.75) is 44.6 Å². The van der Waals surface area contributed by atoms with Gasteiger partial charge in [0.1, 0.15) is 0 Å². The third-order valence-electron chi connectivity index (χ3n) is 3.44. The van der Waals surface area contributed by atoms with E-state index in [0.717, 1.165) is 19.0 Å². The highest BCUT2D eigenvalue weighted by Gasteiger charge is 2.11. The zero-order valence-electron chi connectivity index (χ0n) is 10.0. The predicted molar refractivity (Wildman–Crippen MR) is 75.0 cm³/mol. The lowest BCUT2D eigenvalue weighted by Crippen LogP contribution is -2.32. The normalized spacial score (nSPS) is 17.3. The summed E-state index contributed by atoms with van der Waals surface area (Å²) in [4.78, 5) is 0. The minimum atomic E-state index is 0.635. The van der Waals surface area contributed by atoms with Crippen molar-refractivity contribution in [3.63, 3.8) is 0 Å². The maximum Gasteiger partial charge on any atom is 0.0595 e. The fourth-order valence-corrected chi connectivity index (χ4v) is 2.74. The Hall–Kier alpha value is -0.240. The van der Waals surface area contributed by atoms with Gasteiger partial charge in [-0.1, -0.05) is 48.5 Å². The van der Waals surface area contributed by atoms with E-state index in [9.17, 15) is 0 Å². The van der Waals surface area contributed by atoms with Crippen LogP contribution in [0.15, 0.2) is 18.2 Å². The van der Waals surface area contributed by atoms with E-state index in [1.54, 1.807) is 0 Å². The Kier molecular flexibility index (Phi) is 5.15. The first-order valence-electron chi connectivity index (χ1n) is 6.43. The zero-order chi connectivity index (χ0) is 12.1. The molecule has 0 amide bonds. The molecule has 1 aromatic carbocycles. The molecular formula is C14H19Cl2N. The molecule has 0 saturated heterocycles. The number of rotatable bonds is 4. The molecule has 1 fully saturated rings. The third kappa shape index (κ3) is 4.17. The van der Waals surface area contributed by atoms with Gasteiger partial charge < -0.3 is 5.32 Å². The van der Waals surface area contributed by atoms with Crippen molar-refractivity contribution in [3.8, 4) is 0 Å². The second-order valence-corrected chi connectivity index (χ2v) is 5.60. The minimum Gasteiger partial charge on any atom is -0.314 e. The average Bonchev–Trinajstić information content (AvgIpc) is 2.35. The summed E-state index contributed by atoms with van der Waals surface area (Å²) >= 11 is 11.9. The highest BCUT2D eigenvalue weighted by molar-refractivity contribution is 6.42. The molecule has 1 aromatic rings. The van der Waals surface area contributed by atoms with Crippen LogP contribution in [0.2, 0.25) is 10.0 Å². The van der Waals surface area contributed by atoms with Crippen molar-refractivity contribution in [3.05, 3.63) is 33.8 Å². The van der Waals surface area contributed by atoms with Crippen LogP contribution < -0.4 is 5.32 Å². The number of nitrogens with one attached hydrogen (secondary N) is 1. The number of hydrogen-bond donors (Lipinski definition) is 1. The Bertz CT molecular complexity index is 359. The standard InChI is InChI=1S/C14H19Cl2N/c15-13-7-6-11(10-14(13)16)8-9-17-12-4-2-1-3-5-12/h6-7,10,12,17H,1-5,8-9H2. The molecule has 0 atom stereocenters. The van der Waals surface area contributed by atoms with Crippen LogP contribution in [0.3, 0.4) is 0 Å². The third-order valence-corrected chi connectivity index (χ3v) is 4.17. The molecule has 0 heterocycles. The molecule has 1 nitrogen and oxygen atoms in total. The Balaban J connectivity index is 1.75. The van der Waals surface area contributed by atoms with Gasteiger partial charge in [0.05, 0.1) is 10.0 Å². The van der Waals surface area contributed by atoms with Crippen LogP contribution in [0.1, 0.15) is 37.7 Å². The molecule has 1 saturated carbocycles. The van der Waals surface area contributed by atoms with Gasteiger partial charge in [0, 0.05) is 6.04 Å². The van der Waals surface area contributed by atoms with E-state index in [1.165, 1.54) is 37.7 Å². The summed E-state index contributed by atoms with van der Waals surface area (Å²) in [6.45, 7) is 1.03. The Morgan fingerprint density at radius 2 is 1.82 bits per heavy atom. The average molecular weight is 272 g/mol. The van der Waals surface area contributed by atoms with Gasteiger partial charge >= 0.3 is 0 Å². The van der Waals surface area contributed by atoms with Crippen LogP contribution in [-0.4, -0.2) is 12.6 Å². The van der Waals surface area contributed by atoms with E-state index < -0.39 is 0 Å².